The zero-order chi connectivity index (χ0) is 21.8. The molecule has 0 radical (unpaired) electrons. The number of aromatic nitrogens is 1. The third kappa shape index (κ3) is 4.83. The van der Waals surface area contributed by atoms with Gasteiger partial charge < -0.3 is 24.1 Å². The summed E-state index contributed by atoms with van der Waals surface area (Å²) >= 11 is 1.43. The first kappa shape index (κ1) is 21.6. The van der Waals surface area contributed by atoms with E-state index in [1.165, 1.54) is 11.8 Å². The molecule has 0 unspecified atom stereocenters. The van der Waals surface area contributed by atoms with Gasteiger partial charge in [-0.2, -0.15) is 5.26 Å². The molecule has 0 spiro atoms. The number of ether oxygens (including phenoxy) is 3. The molecule has 3 heterocycles. The van der Waals surface area contributed by atoms with Crippen LogP contribution in [-0.4, -0.2) is 42.2 Å². The lowest BCUT2D eigenvalue weighted by atomic mass is 10.2. The van der Waals surface area contributed by atoms with E-state index >= 15 is 0 Å². The summed E-state index contributed by atoms with van der Waals surface area (Å²) in [5.41, 5.74) is 2.40. The topological polar surface area (TPSA) is 85.5 Å². The zero-order valence-corrected chi connectivity index (χ0v) is 18.7. The fraction of sp³-hybridized carbons (Fsp3) is 0.478. The fourth-order valence-electron chi connectivity index (χ4n) is 3.90. The number of hydrogen-bond acceptors (Lipinski definition) is 6. The molecule has 1 fully saturated rings. The number of benzene rings is 1. The molecular weight excluding hydrogens is 414 g/mol. The average molecular weight is 442 g/mol. The van der Waals surface area contributed by atoms with E-state index in [1.807, 2.05) is 36.6 Å². The van der Waals surface area contributed by atoms with Gasteiger partial charge in [-0.1, -0.05) is 0 Å². The number of nitrogens with one attached hydrogen (secondary N) is 1. The summed E-state index contributed by atoms with van der Waals surface area (Å²) in [6.07, 6.45) is 3.00. The fourth-order valence-corrected chi connectivity index (χ4v) is 4.63. The van der Waals surface area contributed by atoms with Crippen molar-refractivity contribution in [3.8, 4) is 17.6 Å². The van der Waals surface area contributed by atoms with Crippen molar-refractivity contribution in [1.82, 2.24) is 4.57 Å². The van der Waals surface area contributed by atoms with Crippen molar-refractivity contribution in [3.63, 3.8) is 0 Å². The Hall–Kier alpha value is -2.63. The number of amides is 1. The monoisotopic (exact) mass is 441 g/mol. The summed E-state index contributed by atoms with van der Waals surface area (Å²) in [7, 11) is 0. The highest BCUT2D eigenvalue weighted by Crippen LogP contribution is 2.34. The summed E-state index contributed by atoms with van der Waals surface area (Å²) in [4.78, 5) is 13.7. The first-order chi connectivity index (χ1) is 15.1. The van der Waals surface area contributed by atoms with Crippen LogP contribution in [0.2, 0.25) is 0 Å². The highest BCUT2D eigenvalue weighted by molar-refractivity contribution is 8.00. The molecule has 1 amide bonds. The lowest BCUT2D eigenvalue weighted by molar-refractivity contribution is -0.113. The van der Waals surface area contributed by atoms with Gasteiger partial charge in [-0.3, -0.25) is 4.79 Å². The van der Waals surface area contributed by atoms with Crippen molar-refractivity contribution >= 4 is 23.5 Å². The molecule has 0 bridgehead atoms. The van der Waals surface area contributed by atoms with Crippen LogP contribution in [0.1, 0.15) is 36.1 Å². The smallest absolute Gasteiger partial charge is 0.235 e. The molecule has 1 aromatic heterocycles. The van der Waals surface area contributed by atoms with Gasteiger partial charge in [0.05, 0.1) is 37.2 Å². The number of nitrogens with zero attached hydrogens (tertiary/aromatic N) is 2. The highest BCUT2D eigenvalue weighted by Gasteiger charge is 2.24. The van der Waals surface area contributed by atoms with Crippen LogP contribution in [-0.2, 0) is 16.1 Å². The summed E-state index contributed by atoms with van der Waals surface area (Å²) in [5.74, 6) is 2.10. The molecule has 1 aromatic carbocycles. The molecule has 2 aromatic rings. The van der Waals surface area contributed by atoms with Crippen LogP contribution in [0.25, 0.3) is 0 Å². The Bertz CT molecular complexity index is 1010. The lowest BCUT2D eigenvalue weighted by Gasteiger charge is -2.17. The molecule has 164 valence electrons. The van der Waals surface area contributed by atoms with Crippen molar-refractivity contribution < 1.29 is 19.0 Å². The molecule has 1 atom stereocenters. The third-order valence-corrected chi connectivity index (χ3v) is 6.69. The van der Waals surface area contributed by atoms with E-state index in [-0.39, 0.29) is 17.8 Å². The first-order valence-corrected chi connectivity index (χ1v) is 11.6. The van der Waals surface area contributed by atoms with Gasteiger partial charge in [-0.15, -0.1) is 11.8 Å². The van der Waals surface area contributed by atoms with E-state index in [0.717, 1.165) is 47.8 Å². The summed E-state index contributed by atoms with van der Waals surface area (Å²) < 4.78 is 19.2. The second-order valence-corrected chi connectivity index (χ2v) is 8.84. The average Bonchev–Trinajstić information content (AvgIpc) is 3.27. The predicted octanol–water partition coefficient (Wildman–Crippen LogP) is 4.05. The van der Waals surface area contributed by atoms with Crippen LogP contribution >= 0.6 is 11.8 Å². The van der Waals surface area contributed by atoms with Gasteiger partial charge in [0.2, 0.25) is 5.91 Å². The van der Waals surface area contributed by atoms with Gasteiger partial charge in [-0.25, -0.2) is 0 Å². The van der Waals surface area contributed by atoms with Crippen molar-refractivity contribution in [2.24, 2.45) is 0 Å². The SMILES string of the molecule is Cc1c(C#N)c(NC(=O)CSc2ccc3c(c2)OCCCO3)n(C[C@H]2CCCO2)c1C. The van der Waals surface area contributed by atoms with Crippen LogP contribution in [0, 0.1) is 25.2 Å². The number of thioether (sulfide) groups is 1. The predicted molar refractivity (Wildman–Crippen MR) is 119 cm³/mol. The van der Waals surface area contributed by atoms with E-state index in [9.17, 15) is 10.1 Å². The number of carbonyl (C=O) groups excluding carboxylic acids is 1. The maximum atomic E-state index is 12.8. The Morgan fingerprint density at radius 2 is 2.03 bits per heavy atom. The van der Waals surface area contributed by atoms with Crippen molar-refractivity contribution in [1.29, 1.82) is 5.26 Å². The van der Waals surface area contributed by atoms with Crippen LogP contribution in [0.15, 0.2) is 23.1 Å². The second kappa shape index (κ2) is 9.67. The minimum Gasteiger partial charge on any atom is -0.490 e. The molecule has 4 rings (SSSR count). The number of anilines is 1. The minimum absolute atomic E-state index is 0.115. The normalized spacial score (nSPS) is 17.8. The number of fused-ring (bicyclic) bond motifs is 1. The second-order valence-electron chi connectivity index (χ2n) is 7.79. The van der Waals surface area contributed by atoms with Gasteiger partial charge >= 0.3 is 0 Å². The summed E-state index contributed by atoms with van der Waals surface area (Å²) in [6, 6.07) is 7.98. The van der Waals surface area contributed by atoms with Crippen LogP contribution in [0.4, 0.5) is 5.82 Å². The van der Waals surface area contributed by atoms with Gasteiger partial charge in [0, 0.05) is 23.6 Å². The molecule has 1 N–H and O–H groups in total. The van der Waals surface area contributed by atoms with Gasteiger partial charge in [0.25, 0.3) is 0 Å². The Morgan fingerprint density at radius 1 is 1.23 bits per heavy atom. The maximum Gasteiger partial charge on any atom is 0.235 e. The molecule has 8 heteroatoms. The van der Waals surface area contributed by atoms with Gasteiger partial charge in [0.1, 0.15) is 11.9 Å². The standard InChI is InChI=1S/C23H27N3O4S/c1-15-16(2)26(13-17-5-3-8-28-17)23(19(15)12-24)25-22(27)14-31-18-6-7-20-21(11-18)30-10-4-9-29-20/h6-7,11,17H,3-5,8-10,13-14H2,1-2H3,(H,25,27)/t17-/m1/s1. The van der Waals surface area contributed by atoms with Crippen LogP contribution in [0.3, 0.4) is 0 Å². The number of carbonyl (C=O) groups is 1. The molecule has 2 aliphatic rings. The van der Waals surface area contributed by atoms with Crippen LogP contribution < -0.4 is 14.8 Å². The summed E-state index contributed by atoms with van der Waals surface area (Å²) in [5, 5.41) is 12.7. The van der Waals surface area contributed by atoms with Gasteiger partial charge in [0.15, 0.2) is 11.5 Å². The Kier molecular flexibility index (Phi) is 6.73. The van der Waals surface area contributed by atoms with E-state index in [0.29, 0.717) is 36.9 Å². The molecule has 0 aliphatic carbocycles. The Labute approximate surface area is 186 Å². The quantitative estimate of drug-likeness (QED) is 0.681. The molecule has 1 saturated heterocycles. The molecular formula is C23H27N3O4S. The van der Waals surface area contributed by atoms with E-state index in [2.05, 4.69) is 11.4 Å². The van der Waals surface area contributed by atoms with E-state index in [1.54, 1.807) is 0 Å². The molecule has 0 saturated carbocycles. The Balaban J connectivity index is 1.45. The maximum absolute atomic E-state index is 12.8. The lowest BCUT2D eigenvalue weighted by Crippen LogP contribution is -2.22. The van der Waals surface area contributed by atoms with Crippen molar-refractivity contribution in [3.05, 3.63) is 35.0 Å². The Morgan fingerprint density at radius 3 is 2.77 bits per heavy atom. The van der Waals surface area contributed by atoms with Gasteiger partial charge in [-0.05, 0) is 50.5 Å². The zero-order valence-electron chi connectivity index (χ0n) is 17.9. The van der Waals surface area contributed by atoms with E-state index in [4.69, 9.17) is 14.2 Å². The summed E-state index contributed by atoms with van der Waals surface area (Å²) in [6.45, 7) is 6.57. The first-order valence-electron chi connectivity index (χ1n) is 10.6. The van der Waals surface area contributed by atoms with Crippen molar-refractivity contribution in [2.45, 2.75) is 50.7 Å². The molecule has 31 heavy (non-hydrogen) atoms. The minimum atomic E-state index is -0.153. The molecule has 7 nitrogen and oxygen atoms in total. The number of nitriles is 1. The van der Waals surface area contributed by atoms with Crippen LogP contribution in [0.5, 0.6) is 11.5 Å². The highest BCUT2D eigenvalue weighted by atomic mass is 32.2. The largest absolute Gasteiger partial charge is 0.490 e. The number of rotatable bonds is 6. The third-order valence-electron chi connectivity index (χ3n) is 5.70. The molecule has 2 aliphatic heterocycles. The van der Waals surface area contributed by atoms with Crippen molar-refractivity contribution in [2.75, 3.05) is 30.9 Å². The number of hydrogen-bond donors (Lipinski definition) is 1. The van der Waals surface area contributed by atoms with E-state index < -0.39 is 0 Å².